The van der Waals surface area contributed by atoms with Crippen LogP contribution < -0.4 is 5.32 Å². The van der Waals surface area contributed by atoms with Crippen molar-refractivity contribution < 1.29 is 17.9 Å². The molecule has 2 aromatic rings. The van der Waals surface area contributed by atoms with Gasteiger partial charge in [-0.1, -0.05) is 6.07 Å². The van der Waals surface area contributed by atoms with E-state index in [-0.39, 0.29) is 11.5 Å². The Labute approximate surface area is 122 Å². The fourth-order valence-corrected chi connectivity index (χ4v) is 2.20. The molecule has 1 N–H and O–H groups in total. The molecule has 110 valence electrons. The maximum atomic E-state index is 11.6. The van der Waals surface area contributed by atoms with E-state index in [1.807, 2.05) is 0 Å². The van der Waals surface area contributed by atoms with E-state index in [1.165, 1.54) is 24.3 Å². The van der Waals surface area contributed by atoms with Gasteiger partial charge in [0.1, 0.15) is 6.61 Å². The second-order valence-corrected chi connectivity index (χ2v) is 6.37. The molecule has 1 aromatic carbocycles. The molecule has 0 fully saturated rings. The van der Waals surface area contributed by atoms with Gasteiger partial charge in [0.05, 0.1) is 4.90 Å². The maximum absolute atomic E-state index is 11.6. The molecule has 1 amide bonds. The van der Waals surface area contributed by atoms with Crippen molar-refractivity contribution in [3.05, 3.63) is 54.4 Å². The SMILES string of the molecule is CS(=O)(=O)c1ccc(NC(=O)OCc2cccnc2)cc1. The standard InChI is InChI=1S/C14H14N2O4S/c1-21(18,19)13-6-4-12(5-7-13)16-14(17)20-10-11-3-2-8-15-9-11/h2-9H,10H2,1H3,(H,16,17). The van der Waals surface area contributed by atoms with Crippen LogP contribution in [-0.2, 0) is 21.2 Å². The summed E-state index contributed by atoms with van der Waals surface area (Å²) in [7, 11) is -3.25. The number of carbonyl (C=O) groups excluding carboxylic acids is 1. The number of ether oxygens (including phenoxy) is 1. The number of pyridine rings is 1. The summed E-state index contributed by atoms with van der Waals surface area (Å²) in [5.41, 5.74) is 1.23. The van der Waals surface area contributed by atoms with Crippen LogP contribution in [0.25, 0.3) is 0 Å². The number of nitrogens with zero attached hydrogens (tertiary/aromatic N) is 1. The first-order chi connectivity index (χ1) is 9.95. The second-order valence-electron chi connectivity index (χ2n) is 4.36. The van der Waals surface area contributed by atoms with Gasteiger partial charge < -0.3 is 4.74 Å². The van der Waals surface area contributed by atoms with Gasteiger partial charge in [-0.15, -0.1) is 0 Å². The normalized spacial score (nSPS) is 10.9. The van der Waals surface area contributed by atoms with Crippen LogP contribution in [0.15, 0.2) is 53.7 Å². The predicted molar refractivity (Wildman–Crippen MR) is 77.6 cm³/mol. The molecule has 0 saturated heterocycles. The molecule has 0 radical (unpaired) electrons. The van der Waals surface area contributed by atoms with Gasteiger partial charge in [0, 0.05) is 29.9 Å². The summed E-state index contributed by atoms with van der Waals surface area (Å²) in [6, 6.07) is 9.39. The molecule has 7 heteroatoms. The Bertz CT molecular complexity index is 712. The number of anilines is 1. The Morgan fingerprint density at radius 3 is 2.52 bits per heavy atom. The van der Waals surface area contributed by atoms with Crippen molar-refractivity contribution in [2.24, 2.45) is 0 Å². The lowest BCUT2D eigenvalue weighted by Gasteiger charge is -2.07. The minimum atomic E-state index is -3.25. The minimum absolute atomic E-state index is 0.112. The van der Waals surface area contributed by atoms with Crippen molar-refractivity contribution in [1.82, 2.24) is 4.98 Å². The van der Waals surface area contributed by atoms with Crippen LogP contribution in [0.4, 0.5) is 10.5 Å². The van der Waals surface area contributed by atoms with Gasteiger partial charge in [0.25, 0.3) is 0 Å². The molecule has 1 aromatic heterocycles. The van der Waals surface area contributed by atoms with Crippen molar-refractivity contribution in [2.75, 3.05) is 11.6 Å². The first-order valence-electron chi connectivity index (χ1n) is 6.08. The highest BCUT2D eigenvalue weighted by Gasteiger charge is 2.08. The van der Waals surface area contributed by atoms with Crippen molar-refractivity contribution >= 4 is 21.6 Å². The van der Waals surface area contributed by atoms with Gasteiger partial charge in [0.15, 0.2) is 9.84 Å². The van der Waals surface area contributed by atoms with Crippen LogP contribution in [0.3, 0.4) is 0 Å². The van der Waals surface area contributed by atoms with E-state index in [9.17, 15) is 13.2 Å². The van der Waals surface area contributed by atoms with E-state index in [0.717, 1.165) is 11.8 Å². The number of aromatic nitrogens is 1. The van der Waals surface area contributed by atoms with Crippen LogP contribution in [0, 0.1) is 0 Å². The summed E-state index contributed by atoms with van der Waals surface area (Å²) in [5, 5.41) is 2.51. The zero-order valence-corrected chi connectivity index (χ0v) is 12.1. The van der Waals surface area contributed by atoms with E-state index in [2.05, 4.69) is 10.3 Å². The number of carbonyl (C=O) groups is 1. The van der Waals surface area contributed by atoms with E-state index in [1.54, 1.807) is 24.5 Å². The van der Waals surface area contributed by atoms with Gasteiger partial charge in [-0.3, -0.25) is 10.3 Å². The molecule has 0 aliphatic carbocycles. The minimum Gasteiger partial charge on any atom is -0.444 e. The van der Waals surface area contributed by atoms with Crippen molar-refractivity contribution in [1.29, 1.82) is 0 Å². The second kappa shape index (κ2) is 6.36. The summed E-state index contributed by atoms with van der Waals surface area (Å²) >= 11 is 0. The third-order valence-corrected chi connectivity index (χ3v) is 3.75. The molecular weight excluding hydrogens is 292 g/mol. The highest BCUT2D eigenvalue weighted by atomic mass is 32.2. The summed E-state index contributed by atoms with van der Waals surface area (Å²) in [6.07, 6.45) is 3.74. The highest BCUT2D eigenvalue weighted by Crippen LogP contribution is 2.14. The average Bonchev–Trinajstić information content (AvgIpc) is 2.46. The lowest BCUT2D eigenvalue weighted by Crippen LogP contribution is -2.13. The Morgan fingerprint density at radius 2 is 1.95 bits per heavy atom. The quantitative estimate of drug-likeness (QED) is 0.936. The zero-order chi connectivity index (χ0) is 15.3. The number of hydrogen-bond acceptors (Lipinski definition) is 5. The fourth-order valence-electron chi connectivity index (χ4n) is 1.57. The predicted octanol–water partition coefficient (Wildman–Crippen LogP) is 2.23. The number of benzene rings is 1. The smallest absolute Gasteiger partial charge is 0.411 e. The van der Waals surface area contributed by atoms with E-state index < -0.39 is 15.9 Å². The molecule has 1 heterocycles. The molecule has 0 bridgehead atoms. The van der Waals surface area contributed by atoms with Crippen LogP contribution in [0.5, 0.6) is 0 Å². The summed E-state index contributed by atoms with van der Waals surface area (Å²) in [4.78, 5) is 15.7. The molecular formula is C14H14N2O4S. The van der Waals surface area contributed by atoms with Crippen LogP contribution in [-0.4, -0.2) is 25.8 Å². The first kappa shape index (κ1) is 15.0. The molecule has 0 aliphatic heterocycles. The Hall–Kier alpha value is -2.41. The maximum Gasteiger partial charge on any atom is 0.411 e. The Kier molecular flexibility index (Phi) is 4.54. The highest BCUT2D eigenvalue weighted by molar-refractivity contribution is 7.90. The third kappa shape index (κ3) is 4.57. The van der Waals surface area contributed by atoms with Crippen LogP contribution >= 0.6 is 0 Å². The molecule has 0 unspecified atom stereocenters. The van der Waals surface area contributed by atoms with Gasteiger partial charge in [0.2, 0.25) is 0 Å². The monoisotopic (exact) mass is 306 g/mol. The van der Waals surface area contributed by atoms with Crippen molar-refractivity contribution in [2.45, 2.75) is 11.5 Å². The Balaban J connectivity index is 1.91. The van der Waals surface area contributed by atoms with E-state index >= 15 is 0 Å². The van der Waals surface area contributed by atoms with E-state index in [0.29, 0.717) is 5.69 Å². The largest absolute Gasteiger partial charge is 0.444 e. The molecule has 2 rings (SSSR count). The number of sulfone groups is 1. The lowest BCUT2D eigenvalue weighted by atomic mass is 10.3. The summed E-state index contributed by atoms with van der Waals surface area (Å²) < 4.78 is 27.6. The van der Waals surface area contributed by atoms with Gasteiger partial charge in [-0.2, -0.15) is 0 Å². The lowest BCUT2D eigenvalue weighted by molar-refractivity contribution is 0.155. The number of amides is 1. The average molecular weight is 306 g/mol. The third-order valence-electron chi connectivity index (χ3n) is 2.62. The fraction of sp³-hybridized carbons (Fsp3) is 0.143. The number of hydrogen-bond donors (Lipinski definition) is 1. The van der Waals surface area contributed by atoms with Crippen LogP contribution in [0.2, 0.25) is 0 Å². The van der Waals surface area contributed by atoms with Gasteiger partial charge in [-0.25, -0.2) is 13.2 Å². The van der Waals surface area contributed by atoms with E-state index in [4.69, 9.17) is 4.74 Å². The molecule has 21 heavy (non-hydrogen) atoms. The molecule has 0 atom stereocenters. The molecule has 6 nitrogen and oxygen atoms in total. The Morgan fingerprint density at radius 1 is 1.24 bits per heavy atom. The topological polar surface area (TPSA) is 85.4 Å². The number of nitrogens with one attached hydrogen (secondary N) is 1. The first-order valence-corrected chi connectivity index (χ1v) is 7.97. The van der Waals surface area contributed by atoms with Crippen molar-refractivity contribution in [3.63, 3.8) is 0 Å². The summed E-state index contributed by atoms with van der Waals surface area (Å²) in [5.74, 6) is 0. The van der Waals surface area contributed by atoms with Gasteiger partial charge >= 0.3 is 6.09 Å². The van der Waals surface area contributed by atoms with Gasteiger partial charge in [-0.05, 0) is 30.3 Å². The molecule has 0 aliphatic rings. The summed E-state index contributed by atoms with van der Waals surface area (Å²) in [6.45, 7) is 0.112. The zero-order valence-electron chi connectivity index (χ0n) is 11.3. The molecule has 0 saturated carbocycles. The van der Waals surface area contributed by atoms with Crippen LogP contribution in [0.1, 0.15) is 5.56 Å². The molecule has 0 spiro atoms. The van der Waals surface area contributed by atoms with Crippen molar-refractivity contribution in [3.8, 4) is 0 Å². The number of rotatable bonds is 4.